The molecule has 0 aliphatic rings. The number of furan rings is 1. The highest BCUT2D eigenvalue weighted by atomic mass is 32.2. The first-order valence-electron chi connectivity index (χ1n) is 10.6. The summed E-state index contributed by atoms with van der Waals surface area (Å²) in [6.45, 7) is 11.9. The molecule has 2 heterocycles. The van der Waals surface area contributed by atoms with Crippen molar-refractivity contribution in [2.24, 2.45) is 16.5 Å². The molecule has 0 unspecified atom stereocenters. The van der Waals surface area contributed by atoms with Crippen molar-refractivity contribution in [3.63, 3.8) is 0 Å². The highest BCUT2D eigenvalue weighted by Gasteiger charge is 2.30. The number of hydrogen-bond acceptors (Lipinski definition) is 6. The quantitative estimate of drug-likeness (QED) is 0.316. The van der Waals surface area contributed by atoms with Crippen LogP contribution < -0.4 is 16.5 Å². The van der Waals surface area contributed by atoms with Crippen molar-refractivity contribution in [3.05, 3.63) is 28.5 Å². The van der Waals surface area contributed by atoms with Gasteiger partial charge in [-0.15, -0.1) is 11.3 Å². The second-order valence-corrected chi connectivity index (χ2v) is 11.0. The second kappa shape index (κ2) is 10.5. The van der Waals surface area contributed by atoms with Crippen LogP contribution in [0.3, 0.4) is 0 Å². The summed E-state index contributed by atoms with van der Waals surface area (Å²) in [4.78, 5) is 7.86. The van der Waals surface area contributed by atoms with Gasteiger partial charge in [-0.3, -0.25) is 10.7 Å². The first-order chi connectivity index (χ1) is 15.0. The van der Waals surface area contributed by atoms with Crippen molar-refractivity contribution >= 4 is 38.7 Å². The van der Waals surface area contributed by atoms with E-state index in [0.717, 1.165) is 22.7 Å². The third kappa shape index (κ3) is 5.33. The van der Waals surface area contributed by atoms with E-state index in [4.69, 9.17) is 15.9 Å². The molecule has 1 atom stereocenters. The smallest absolute Gasteiger partial charge is 0.309 e. The van der Waals surface area contributed by atoms with E-state index in [1.807, 2.05) is 13.0 Å². The Kier molecular flexibility index (Phi) is 8.49. The zero-order valence-corrected chi connectivity index (χ0v) is 21.1. The van der Waals surface area contributed by atoms with Gasteiger partial charge < -0.3 is 15.3 Å². The number of nitrogens with one attached hydrogen (secondary N) is 1. The molecule has 2 rings (SSSR count). The fourth-order valence-electron chi connectivity index (χ4n) is 3.16. The number of nitrogens with zero attached hydrogens (tertiary/aromatic N) is 2. The van der Waals surface area contributed by atoms with Crippen LogP contribution in [0.1, 0.15) is 69.2 Å². The average Bonchev–Trinajstić information content (AvgIpc) is 3.33. The molecule has 2 aromatic rings. The number of aromatic hydroxyl groups is 1. The molecule has 0 radical (unpaired) electrons. The lowest BCUT2D eigenvalue weighted by molar-refractivity contribution is -0.512. The van der Waals surface area contributed by atoms with Crippen molar-refractivity contribution in [2.45, 2.75) is 64.1 Å². The topological polar surface area (TPSA) is 149 Å². The minimum Gasteiger partial charge on any atom is -0.504 e. The number of rotatable bonds is 9. The molecule has 0 aromatic carbocycles. The Morgan fingerprint density at radius 1 is 1.28 bits per heavy atom. The average molecular weight is 485 g/mol. The van der Waals surface area contributed by atoms with E-state index in [-0.39, 0.29) is 27.6 Å². The number of aryl methyl sites for hydroxylation is 1. The highest BCUT2D eigenvalue weighted by Crippen LogP contribution is 2.44. The van der Waals surface area contributed by atoms with Crippen LogP contribution in [0.2, 0.25) is 0 Å². The van der Waals surface area contributed by atoms with E-state index in [9.17, 15) is 13.5 Å². The lowest BCUT2D eigenvalue weighted by atomic mass is 10.1. The third-order valence-electron chi connectivity index (χ3n) is 5.17. The number of thiophene rings is 1. The Labute approximate surface area is 193 Å². The zero-order valence-electron chi connectivity index (χ0n) is 19.5. The predicted molar refractivity (Wildman–Crippen MR) is 128 cm³/mol. The number of hydrogen-bond donors (Lipinski definition) is 4. The van der Waals surface area contributed by atoms with E-state index in [0.29, 0.717) is 30.3 Å². The van der Waals surface area contributed by atoms with Gasteiger partial charge in [0.25, 0.3) is 10.0 Å². The Bertz CT molecular complexity index is 1100. The van der Waals surface area contributed by atoms with Gasteiger partial charge in [-0.1, -0.05) is 34.6 Å². The Morgan fingerprint density at radius 3 is 2.41 bits per heavy atom. The van der Waals surface area contributed by atoms with Gasteiger partial charge in [-0.05, 0) is 30.9 Å². The van der Waals surface area contributed by atoms with Gasteiger partial charge in [-0.2, -0.15) is 4.31 Å². The summed E-state index contributed by atoms with van der Waals surface area (Å²) in [5.74, 6) is 0.702. The van der Waals surface area contributed by atoms with Crippen molar-refractivity contribution in [1.82, 2.24) is 4.31 Å². The van der Waals surface area contributed by atoms with Crippen LogP contribution in [0.25, 0.3) is 0 Å². The SMILES string of the molecule is CC[C@@H]([NH+]=C(N)C(N)=Nc1c(C)sc(S(=O)(=O)N(CC)CC)c1O)c1cc(C(C)C)co1. The molecule has 11 heteroatoms. The molecule has 6 N–H and O–H groups in total. The summed E-state index contributed by atoms with van der Waals surface area (Å²) >= 11 is 0.954. The van der Waals surface area contributed by atoms with Crippen molar-refractivity contribution in [1.29, 1.82) is 0 Å². The Hall–Kier alpha value is -2.37. The minimum absolute atomic E-state index is 0.0536. The standard InChI is InChI=1S/C21H33N5O4S2/c1-7-15(16-10-14(11-30-16)12(4)5)24-19(22)20(23)25-17-13(6)31-21(18(17)27)32(28,29)26(8-2)9-3/h10-12,15,27H,7-9H2,1-6H3,(H2,22,24)(H2,23,25)/p+1/t15-/m1/s1. The largest absolute Gasteiger partial charge is 0.504 e. The molecule has 0 bridgehead atoms. The van der Waals surface area contributed by atoms with Crippen LogP contribution in [0, 0.1) is 6.92 Å². The first-order valence-corrected chi connectivity index (χ1v) is 12.9. The van der Waals surface area contributed by atoms with Crippen LogP contribution >= 0.6 is 11.3 Å². The minimum atomic E-state index is -3.83. The van der Waals surface area contributed by atoms with Crippen LogP contribution in [-0.4, -0.2) is 42.6 Å². The van der Waals surface area contributed by atoms with Gasteiger partial charge in [0.15, 0.2) is 16.0 Å². The molecule has 2 aromatic heterocycles. The molecule has 9 nitrogen and oxygen atoms in total. The van der Waals surface area contributed by atoms with Gasteiger partial charge >= 0.3 is 5.84 Å². The van der Waals surface area contributed by atoms with E-state index in [1.54, 1.807) is 27.0 Å². The molecular formula is C21H34N5O4S2+. The molecule has 0 fully saturated rings. The van der Waals surface area contributed by atoms with Crippen LogP contribution in [0.15, 0.2) is 25.9 Å². The summed E-state index contributed by atoms with van der Waals surface area (Å²) < 4.78 is 32.5. The lowest BCUT2D eigenvalue weighted by Gasteiger charge is -2.17. The summed E-state index contributed by atoms with van der Waals surface area (Å²) in [5, 5.41) is 10.6. The van der Waals surface area contributed by atoms with Gasteiger partial charge in [-0.25, -0.2) is 13.4 Å². The predicted octanol–water partition coefficient (Wildman–Crippen LogP) is 2.09. The monoisotopic (exact) mass is 484 g/mol. The van der Waals surface area contributed by atoms with Crippen LogP contribution in [-0.2, 0) is 10.0 Å². The number of amidine groups is 2. The van der Waals surface area contributed by atoms with Crippen molar-refractivity contribution in [3.8, 4) is 5.75 Å². The van der Waals surface area contributed by atoms with Gasteiger partial charge in [0.05, 0.1) is 6.26 Å². The van der Waals surface area contributed by atoms with Gasteiger partial charge in [0.1, 0.15) is 11.4 Å². The Balaban J connectivity index is 2.40. The molecule has 0 saturated carbocycles. The van der Waals surface area contributed by atoms with Crippen LogP contribution in [0.5, 0.6) is 5.75 Å². The maximum absolute atomic E-state index is 12.8. The summed E-state index contributed by atoms with van der Waals surface area (Å²) in [6.07, 6.45) is 2.41. The molecule has 178 valence electrons. The summed E-state index contributed by atoms with van der Waals surface area (Å²) in [7, 11) is -3.83. The molecule has 0 aliphatic carbocycles. The van der Waals surface area contributed by atoms with Gasteiger partial charge in [0.2, 0.25) is 5.84 Å². The normalized spacial score (nSPS) is 14.5. The summed E-state index contributed by atoms with van der Waals surface area (Å²) in [5.41, 5.74) is 13.4. The highest BCUT2D eigenvalue weighted by molar-refractivity contribution is 7.91. The second-order valence-electron chi connectivity index (χ2n) is 7.69. The van der Waals surface area contributed by atoms with E-state index in [1.165, 1.54) is 4.31 Å². The fraction of sp³-hybridized carbons (Fsp3) is 0.524. The van der Waals surface area contributed by atoms with Crippen molar-refractivity contribution < 1.29 is 22.9 Å². The number of sulfonamides is 1. The molecule has 0 spiro atoms. The zero-order chi connectivity index (χ0) is 24.2. The first kappa shape index (κ1) is 25.9. The number of aliphatic imine (C=N–C) groups is 1. The molecule has 0 amide bonds. The van der Waals surface area contributed by atoms with E-state index in [2.05, 4.69) is 23.8 Å². The maximum Gasteiger partial charge on any atom is 0.309 e. The molecule has 0 saturated heterocycles. The molecular weight excluding hydrogens is 450 g/mol. The summed E-state index contributed by atoms with van der Waals surface area (Å²) in [6, 6.07) is 1.76. The maximum atomic E-state index is 12.8. The molecule has 32 heavy (non-hydrogen) atoms. The van der Waals surface area contributed by atoms with Gasteiger partial charge in [0, 0.05) is 18.0 Å². The van der Waals surface area contributed by atoms with Crippen LogP contribution in [0.4, 0.5) is 5.69 Å². The van der Waals surface area contributed by atoms with E-state index < -0.39 is 15.8 Å². The molecule has 0 aliphatic heterocycles. The Morgan fingerprint density at radius 2 is 1.91 bits per heavy atom. The van der Waals surface area contributed by atoms with E-state index >= 15 is 0 Å². The van der Waals surface area contributed by atoms with Crippen molar-refractivity contribution in [2.75, 3.05) is 13.1 Å². The third-order valence-corrected chi connectivity index (χ3v) is 8.79. The number of nitrogens with two attached hydrogens (primary N) is 2. The lowest BCUT2D eigenvalue weighted by Crippen LogP contribution is -2.79. The fourth-order valence-corrected chi connectivity index (χ4v) is 6.24.